The standard InChI is InChI=1S/C10H18N2O/c1-9(2)10(7-11)8-12-3-5-13-6-4-12/h9-10H,3-6,8H2,1-2H3. The normalized spacial score (nSPS) is 21.4. The Morgan fingerprint density at radius 2 is 2.00 bits per heavy atom. The molecule has 1 rings (SSSR count). The molecular weight excluding hydrogens is 164 g/mol. The van der Waals surface area contributed by atoms with Crippen LogP contribution in [0.2, 0.25) is 0 Å². The predicted octanol–water partition coefficient (Wildman–Crippen LogP) is 1.11. The van der Waals surface area contributed by atoms with Gasteiger partial charge in [-0.25, -0.2) is 0 Å². The average Bonchev–Trinajstić information content (AvgIpc) is 2.15. The van der Waals surface area contributed by atoms with Crippen molar-refractivity contribution in [1.82, 2.24) is 4.90 Å². The van der Waals surface area contributed by atoms with Crippen LogP contribution in [0.15, 0.2) is 0 Å². The molecule has 3 heteroatoms. The number of nitriles is 1. The van der Waals surface area contributed by atoms with Gasteiger partial charge in [-0.1, -0.05) is 13.8 Å². The highest BCUT2D eigenvalue weighted by molar-refractivity contribution is 4.87. The Balaban J connectivity index is 2.32. The van der Waals surface area contributed by atoms with Crippen molar-refractivity contribution in [1.29, 1.82) is 5.26 Å². The van der Waals surface area contributed by atoms with Gasteiger partial charge in [0, 0.05) is 19.6 Å². The first-order chi connectivity index (χ1) is 6.24. The first-order valence-corrected chi connectivity index (χ1v) is 4.93. The second-order valence-corrected chi connectivity index (χ2v) is 3.89. The zero-order valence-electron chi connectivity index (χ0n) is 8.49. The van der Waals surface area contributed by atoms with Gasteiger partial charge in [0.15, 0.2) is 0 Å². The molecule has 1 aliphatic rings. The van der Waals surface area contributed by atoms with Gasteiger partial charge in [0.25, 0.3) is 0 Å². The molecule has 0 aromatic carbocycles. The fourth-order valence-electron chi connectivity index (χ4n) is 1.46. The molecule has 0 aromatic rings. The molecule has 3 nitrogen and oxygen atoms in total. The summed E-state index contributed by atoms with van der Waals surface area (Å²) in [5.41, 5.74) is 0. The van der Waals surface area contributed by atoms with Crippen molar-refractivity contribution >= 4 is 0 Å². The molecule has 0 aliphatic carbocycles. The molecule has 0 aromatic heterocycles. The van der Waals surface area contributed by atoms with Gasteiger partial charge in [-0.2, -0.15) is 5.26 Å². The van der Waals surface area contributed by atoms with Crippen LogP contribution in [0.3, 0.4) is 0 Å². The molecule has 0 bridgehead atoms. The summed E-state index contributed by atoms with van der Waals surface area (Å²) in [6.07, 6.45) is 0. The summed E-state index contributed by atoms with van der Waals surface area (Å²) in [4.78, 5) is 2.32. The first kappa shape index (κ1) is 10.5. The van der Waals surface area contributed by atoms with Crippen molar-refractivity contribution < 1.29 is 4.74 Å². The van der Waals surface area contributed by atoms with E-state index in [4.69, 9.17) is 10.00 Å². The van der Waals surface area contributed by atoms with E-state index in [0.29, 0.717) is 5.92 Å². The van der Waals surface area contributed by atoms with Gasteiger partial charge in [-0.05, 0) is 5.92 Å². The zero-order chi connectivity index (χ0) is 9.68. The predicted molar refractivity (Wildman–Crippen MR) is 51.2 cm³/mol. The Morgan fingerprint density at radius 1 is 1.38 bits per heavy atom. The van der Waals surface area contributed by atoms with E-state index in [1.54, 1.807) is 0 Å². The summed E-state index contributed by atoms with van der Waals surface area (Å²) >= 11 is 0. The first-order valence-electron chi connectivity index (χ1n) is 4.93. The third kappa shape index (κ3) is 3.33. The van der Waals surface area contributed by atoms with E-state index < -0.39 is 0 Å². The summed E-state index contributed by atoms with van der Waals surface area (Å²) < 4.78 is 5.25. The van der Waals surface area contributed by atoms with Gasteiger partial charge in [0.05, 0.1) is 25.2 Å². The van der Waals surface area contributed by atoms with Crippen LogP contribution in [0.5, 0.6) is 0 Å². The van der Waals surface area contributed by atoms with Gasteiger partial charge in [0.1, 0.15) is 0 Å². The maximum atomic E-state index is 8.92. The molecule has 1 saturated heterocycles. The van der Waals surface area contributed by atoms with Crippen LogP contribution in [0.1, 0.15) is 13.8 Å². The van der Waals surface area contributed by atoms with Gasteiger partial charge in [-0.15, -0.1) is 0 Å². The third-order valence-corrected chi connectivity index (χ3v) is 2.53. The number of hydrogen-bond acceptors (Lipinski definition) is 3. The minimum atomic E-state index is 0.165. The Bertz CT molecular complexity index is 180. The molecular formula is C10H18N2O. The lowest BCUT2D eigenvalue weighted by Gasteiger charge is -2.29. The van der Waals surface area contributed by atoms with E-state index in [1.165, 1.54) is 0 Å². The second kappa shape index (κ2) is 5.21. The van der Waals surface area contributed by atoms with Crippen molar-refractivity contribution in [2.24, 2.45) is 11.8 Å². The number of rotatable bonds is 3. The SMILES string of the molecule is CC(C)C(C#N)CN1CCOCC1. The van der Waals surface area contributed by atoms with Gasteiger partial charge >= 0.3 is 0 Å². The molecule has 0 amide bonds. The van der Waals surface area contributed by atoms with E-state index in [1.807, 2.05) is 0 Å². The van der Waals surface area contributed by atoms with Crippen molar-refractivity contribution in [2.45, 2.75) is 13.8 Å². The highest BCUT2D eigenvalue weighted by Gasteiger charge is 2.18. The summed E-state index contributed by atoms with van der Waals surface area (Å²) in [6, 6.07) is 2.37. The molecule has 74 valence electrons. The van der Waals surface area contributed by atoms with Crippen LogP contribution < -0.4 is 0 Å². The van der Waals surface area contributed by atoms with Crippen molar-refractivity contribution in [3.63, 3.8) is 0 Å². The lowest BCUT2D eigenvalue weighted by Crippen LogP contribution is -2.40. The Labute approximate surface area is 80.3 Å². The third-order valence-electron chi connectivity index (χ3n) is 2.53. The van der Waals surface area contributed by atoms with Crippen molar-refractivity contribution in [3.8, 4) is 6.07 Å². The van der Waals surface area contributed by atoms with Gasteiger partial charge < -0.3 is 4.74 Å². The van der Waals surface area contributed by atoms with E-state index >= 15 is 0 Å². The number of nitrogens with zero attached hydrogens (tertiary/aromatic N) is 2. The van der Waals surface area contributed by atoms with E-state index in [2.05, 4.69) is 24.8 Å². The van der Waals surface area contributed by atoms with Crippen LogP contribution in [-0.2, 0) is 4.74 Å². The zero-order valence-corrected chi connectivity index (χ0v) is 8.49. The monoisotopic (exact) mass is 182 g/mol. The summed E-state index contributed by atoms with van der Waals surface area (Å²) in [5.74, 6) is 0.617. The number of hydrogen-bond donors (Lipinski definition) is 0. The summed E-state index contributed by atoms with van der Waals surface area (Å²) in [5, 5.41) is 8.92. The average molecular weight is 182 g/mol. The van der Waals surface area contributed by atoms with Crippen LogP contribution in [-0.4, -0.2) is 37.7 Å². The van der Waals surface area contributed by atoms with E-state index in [-0.39, 0.29) is 5.92 Å². The van der Waals surface area contributed by atoms with Crippen molar-refractivity contribution in [3.05, 3.63) is 0 Å². The number of morpholine rings is 1. The minimum Gasteiger partial charge on any atom is -0.379 e. The fraction of sp³-hybridized carbons (Fsp3) is 0.900. The smallest absolute Gasteiger partial charge is 0.0672 e. The Morgan fingerprint density at radius 3 is 2.46 bits per heavy atom. The van der Waals surface area contributed by atoms with Gasteiger partial charge in [0.2, 0.25) is 0 Å². The molecule has 1 atom stereocenters. The molecule has 0 radical (unpaired) electrons. The maximum absolute atomic E-state index is 8.92. The quantitative estimate of drug-likeness (QED) is 0.656. The van der Waals surface area contributed by atoms with Crippen LogP contribution in [0.25, 0.3) is 0 Å². The van der Waals surface area contributed by atoms with Gasteiger partial charge in [-0.3, -0.25) is 4.90 Å². The molecule has 1 aliphatic heterocycles. The summed E-state index contributed by atoms with van der Waals surface area (Å²) in [6.45, 7) is 8.70. The molecule has 1 heterocycles. The lowest BCUT2D eigenvalue weighted by atomic mass is 9.97. The molecule has 0 spiro atoms. The minimum absolute atomic E-state index is 0.165. The summed E-state index contributed by atoms with van der Waals surface area (Å²) in [7, 11) is 0. The highest BCUT2D eigenvalue weighted by atomic mass is 16.5. The van der Waals surface area contributed by atoms with Crippen LogP contribution in [0, 0.1) is 23.2 Å². The lowest BCUT2D eigenvalue weighted by molar-refractivity contribution is 0.0313. The largest absolute Gasteiger partial charge is 0.379 e. The van der Waals surface area contributed by atoms with Crippen LogP contribution in [0.4, 0.5) is 0 Å². The topological polar surface area (TPSA) is 36.3 Å². The Hall–Kier alpha value is -0.590. The maximum Gasteiger partial charge on any atom is 0.0672 e. The molecule has 1 unspecified atom stereocenters. The molecule has 0 N–H and O–H groups in total. The second-order valence-electron chi connectivity index (χ2n) is 3.89. The molecule has 13 heavy (non-hydrogen) atoms. The Kier molecular flexibility index (Phi) is 4.20. The fourth-order valence-corrected chi connectivity index (χ4v) is 1.46. The molecule has 0 saturated carbocycles. The van der Waals surface area contributed by atoms with Crippen LogP contribution >= 0.6 is 0 Å². The highest BCUT2D eigenvalue weighted by Crippen LogP contribution is 2.12. The van der Waals surface area contributed by atoms with E-state index in [9.17, 15) is 0 Å². The van der Waals surface area contributed by atoms with E-state index in [0.717, 1.165) is 32.8 Å². The van der Waals surface area contributed by atoms with Crippen molar-refractivity contribution in [2.75, 3.05) is 32.8 Å². The number of ether oxygens (including phenoxy) is 1. The molecule has 1 fully saturated rings.